The Hall–Kier alpha value is -2.47. The van der Waals surface area contributed by atoms with Crippen molar-refractivity contribution in [1.82, 2.24) is 19.9 Å². The van der Waals surface area contributed by atoms with Gasteiger partial charge in [0.25, 0.3) is 0 Å². The first-order valence-electron chi connectivity index (χ1n) is 6.99. The summed E-state index contributed by atoms with van der Waals surface area (Å²) in [5.74, 6) is 0.654. The molecule has 0 saturated heterocycles. The van der Waals surface area contributed by atoms with Crippen LogP contribution in [0.3, 0.4) is 0 Å². The quantitative estimate of drug-likeness (QED) is 0.730. The highest BCUT2D eigenvalue weighted by atomic mass is 32.2. The van der Waals surface area contributed by atoms with Crippen molar-refractivity contribution in [1.29, 1.82) is 0 Å². The van der Waals surface area contributed by atoms with E-state index in [1.807, 2.05) is 30.3 Å². The second-order valence-electron chi connectivity index (χ2n) is 4.96. The molecular weight excluding hydrogens is 294 g/mol. The molecule has 6 heteroatoms. The number of fused-ring (bicyclic) bond motifs is 1. The van der Waals surface area contributed by atoms with Gasteiger partial charge in [-0.3, -0.25) is 4.98 Å². The molecule has 0 aliphatic carbocycles. The van der Waals surface area contributed by atoms with Crippen LogP contribution in [-0.2, 0) is 0 Å². The fourth-order valence-electron chi connectivity index (χ4n) is 2.34. The van der Waals surface area contributed by atoms with E-state index in [1.54, 1.807) is 28.9 Å². The van der Waals surface area contributed by atoms with E-state index in [2.05, 4.69) is 39.2 Å². The van der Waals surface area contributed by atoms with Crippen LogP contribution in [0.15, 0.2) is 65.1 Å². The van der Waals surface area contributed by atoms with Crippen molar-refractivity contribution in [3.63, 3.8) is 0 Å². The molecule has 3 aromatic rings. The van der Waals surface area contributed by atoms with E-state index >= 15 is 0 Å². The second-order valence-corrected chi connectivity index (χ2v) is 6.27. The smallest absolute Gasteiger partial charge is 0.211 e. The van der Waals surface area contributed by atoms with E-state index in [0.717, 1.165) is 22.0 Å². The molecule has 0 spiro atoms. The van der Waals surface area contributed by atoms with Crippen LogP contribution in [0.2, 0.25) is 0 Å². The largest absolute Gasteiger partial charge is 0.264 e. The number of benzene rings is 1. The molecule has 1 aliphatic heterocycles. The molecule has 0 N–H and O–H groups in total. The number of pyridine rings is 1. The summed E-state index contributed by atoms with van der Waals surface area (Å²) in [6.07, 6.45) is 3.50. The maximum Gasteiger partial charge on any atom is 0.211 e. The molecule has 3 heterocycles. The lowest BCUT2D eigenvalue weighted by Crippen LogP contribution is -2.21. The molecule has 2 aromatic heterocycles. The highest BCUT2D eigenvalue weighted by Gasteiger charge is 2.24. The van der Waals surface area contributed by atoms with Gasteiger partial charge >= 0.3 is 0 Å². The van der Waals surface area contributed by atoms with Crippen LogP contribution in [-0.4, -0.2) is 30.8 Å². The van der Waals surface area contributed by atoms with Crippen molar-refractivity contribution in [3.8, 4) is 11.4 Å². The van der Waals surface area contributed by atoms with Crippen LogP contribution in [0.1, 0.15) is 12.5 Å². The predicted molar refractivity (Wildman–Crippen MR) is 86.9 cm³/mol. The van der Waals surface area contributed by atoms with Gasteiger partial charge in [0, 0.05) is 18.0 Å². The fraction of sp³-hybridized carbons (Fsp3) is 0.125. The Morgan fingerprint density at radius 1 is 1.05 bits per heavy atom. The molecule has 0 amide bonds. The van der Waals surface area contributed by atoms with Crippen molar-refractivity contribution in [2.24, 2.45) is 5.10 Å². The summed E-state index contributed by atoms with van der Waals surface area (Å²) in [7, 11) is 0. The SMILES string of the molecule is C[C@H]1Sc2nc(-c3cccnc3)nn2N=C1c1ccccc1. The number of hydrogen-bond donors (Lipinski definition) is 0. The lowest BCUT2D eigenvalue weighted by Gasteiger charge is -2.18. The Bertz CT molecular complexity index is 826. The Labute approximate surface area is 132 Å². The van der Waals surface area contributed by atoms with Gasteiger partial charge in [0.2, 0.25) is 5.16 Å². The third-order valence-corrected chi connectivity index (χ3v) is 4.46. The van der Waals surface area contributed by atoms with E-state index < -0.39 is 0 Å². The second kappa shape index (κ2) is 5.38. The van der Waals surface area contributed by atoms with Gasteiger partial charge < -0.3 is 0 Å². The monoisotopic (exact) mass is 307 g/mol. The maximum atomic E-state index is 4.66. The topological polar surface area (TPSA) is 56.0 Å². The zero-order valence-corrected chi connectivity index (χ0v) is 12.7. The van der Waals surface area contributed by atoms with E-state index in [9.17, 15) is 0 Å². The minimum absolute atomic E-state index is 0.237. The summed E-state index contributed by atoms with van der Waals surface area (Å²) in [5, 5.41) is 10.2. The third kappa shape index (κ3) is 2.31. The lowest BCUT2D eigenvalue weighted by atomic mass is 10.1. The Morgan fingerprint density at radius 2 is 1.86 bits per heavy atom. The first-order chi connectivity index (χ1) is 10.8. The molecule has 1 atom stereocenters. The number of hydrogen-bond acceptors (Lipinski definition) is 5. The first-order valence-corrected chi connectivity index (χ1v) is 7.87. The number of aromatic nitrogens is 4. The van der Waals surface area contributed by atoms with Crippen LogP contribution < -0.4 is 0 Å². The van der Waals surface area contributed by atoms with Gasteiger partial charge in [0.05, 0.1) is 11.0 Å². The van der Waals surface area contributed by atoms with Gasteiger partial charge in [-0.15, -0.1) is 9.89 Å². The molecule has 108 valence electrons. The van der Waals surface area contributed by atoms with Gasteiger partial charge in [0.1, 0.15) is 0 Å². The van der Waals surface area contributed by atoms with E-state index in [4.69, 9.17) is 0 Å². The molecule has 1 aromatic carbocycles. The predicted octanol–water partition coefficient (Wildman–Crippen LogP) is 3.09. The average Bonchev–Trinajstić information content (AvgIpc) is 2.98. The van der Waals surface area contributed by atoms with Gasteiger partial charge in [-0.2, -0.15) is 10.1 Å². The number of rotatable bonds is 2. The lowest BCUT2D eigenvalue weighted by molar-refractivity contribution is 0.654. The van der Waals surface area contributed by atoms with Crippen LogP contribution in [0, 0.1) is 0 Å². The summed E-state index contributed by atoms with van der Waals surface area (Å²) < 4.78 is 0. The molecule has 22 heavy (non-hydrogen) atoms. The average molecular weight is 307 g/mol. The zero-order chi connectivity index (χ0) is 14.9. The molecule has 1 aliphatic rings. The van der Waals surface area contributed by atoms with E-state index in [0.29, 0.717) is 5.82 Å². The van der Waals surface area contributed by atoms with Crippen LogP contribution >= 0.6 is 11.8 Å². The van der Waals surface area contributed by atoms with E-state index in [-0.39, 0.29) is 5.25 Å². The standard InChI is InChI=1S/C16H13N5S/c1-11-14(12-6-3-2-4-7-12)19-21-16(22-11)18-15(20-21)13-8-5-9-17-10-13/h2-11H,1H3/t11-/m1/s1. The molecule has 0 bridgehead atoms. The van der Waals surface area contributed by atoms with Crippen molar-refractivity contribution < 1.29 is 0 Å². The molecule has 0 unspecified atom stereocenters. The highest BCUT2D eigenvalue weighted by Crippen LogP contribution is 2.30. The molecule has 0 fully saturated rings. The molecule has 0 radical (unpaired) electrons. The molecule has 0 saturated carbocycles. The van der Waals surface area contributed by atoms with Crippen molar-refractivity contribution in [3.05, 3.63) is 60.4 Å². The van der Waals surface area contributed by atoms with Crippen molar-refractivity contribution >= 4 is 17.5 Å². The molecule has 4 rings (SSSR count). The minimum Gasteiger partial charge on any atom is -0.264 e. The maximum absolute atomic E-state index is 4.66. The fourth-order valence-corrected chi connectivity index (χ4v) is 3.27. The van der Waals surface area contributed by atoms with Crippen LogP contribution in [0.5, 0.6) is 0 Å². The normalized spacial score (nSPS) is 17.0. The number of thioether (sulfide) groups is 1. The zero-order valence-electron chi connectivity index (χ0n) is 11.9. The Balaban J connectivity index is 1.77. The summed E-state index contributed by atoms with van der Waals surface area (Å²) >= 11 is 1.67. The summed E-state index contributed by atoms with van der Waals surface area (Å²) in [4.78, 5) is 10.3. The Morgan fingerprint density at radius 3 is 2.64 bits per heavy atom. The number of nitrogens with zero attached hydrogens (tertiary/aromatic N) is 5. The summed E-state index contributed by atoms with van der Waals surface area (Å²) in [6.45, 7) is 2.14. The first kappa shape index (κ1) is 13.2. The van der Waals surface area contributed by atoms with Crippen molar-refractivity contribution in [2.75, 3.05) is 0 Å². The minimum atomic E-state index is 0.237. The van der Waals surface area contributed by atoms with Crippen LogP contribution in [0.4, 0.5) is 0 Å². The molecular formula is C16H13N5S. The van der Waals surface area contributed by atoms with Gasteiger partial charge in [-0.1, -0.05) is 42.1 Å². The third-order valence-electron chi connectivity index (χ3n) is 3.42. The molecule has 5 nitrogen and oxygen atoms in total. The van der Waals surface area contributed by atoms with Gasteiger partial charge in [0.15, 0.2) is 5.82 Å². The van der Waals surface area contributed by atoms with Gasteiger partial charge in [-0.25, -0.2) is 0 Å². The highest BCUT2D eigenvalue weighted by molar-refractivity contribution is 8.00. The summed E-state index contributed by atoms with van der Waals surface area (Å²) in [5.41, 5.74) is 3.03. The summed E-state index contributed by atoms with van der Waals surface area (Å²) in [6, 6.07) is 14.0. The Kier molecular flexibility index (Phi) is 3.23. The van der Waals surface area contributed by atoms with Crippen LogP contribution in [0.25, 0.3) is 11.4 Å². The van der Waals surface area contributed by atoms with E-state index in [1.165, 1.54) is 0 Å². The van der Waals surface area contributed by atoms with Crippen molar-refractivity contribution in [2.45, 2.75) is 17.3 Å². The van der Waals surface area contributed by atoms with Gasteiger partial charge in [-0.05, 0) is 24.6 Å².